The van der Waals surface area contributed by atoms with Crippen LogP contribution >= 0.6 is 0 Å². The van der Waals surface area contributed by atoms with Crippen LogP contribution in [-0.2, 0) is 14.4 Å². The van der Waals surface area contributed by atoms with E-state index in [9.17, 15) is 14.4 Å². The Kier molecular flexibility index (Phi) is 3.81. The van der Waals surface area contributed by atoms with E-state index in [1.165, 1.54) is 0 Å². The summed E-state index contributed by atoms with van der Waals surface area (Å²) in [5, 5.41) is 0. The van der Waals surface area contributed by atoms with E-state index < -0.39 is 0 Å². The molecule has 0 saturated heterocycles. The van der Waals surface area contributed by atoms with E-state index in [-0.39, 0.29) is 17.0 Å². The van der Waals surface area contributed by atoms with Crippen LogP contribution < -0.4 is 0 Å². The summed E-state index contributed by atoms with van der Waals surface area (Å²) in [5.74, 6) is 0.313. The quantitative estimate of drug-likeness (QED) is 0.742. The van der Waals surface area contributed by atoms with Gasteiger partial charge in [-0.3, -0.25) is 14.4 Å². The minimum Gasteiger partial charge on any atom is -0.300 e. The van der Waals surface area contributed by atoms with Crippen molar-refractivity contribution in [1.29, 1.82) is 0 Å². The minimum atomic E-state index is -0.00949. The Morgan fingerprint density at radius 1 is 0.950 bits per heavy atom. The third-order valence-corrected chi connectivity index (χ3v) is 4.92. The lowest BCUT2D eigenvalue weighted by molar-refractivity contribution is -0.118. The van der Waals surface area contributed by atoms with Crippen LogP contribution in [0.2, 0.25) is 0 Å². The number of ketones is 3. The highest BCUT2D eigenvalue weighted by atomic mass is 16.1. The SMILES string of the molecule is CC1=C(C)C(=O)C(CCC2(C)CCC(=O)C2)=C(C)C1=O. The number of hydrogen-bond acceptors (Lipinski definition) is 3. The molecule has 0 aromatic rings. The summed E-state index contributed by atoms with van der Waals surface area (Å²) in [4.78, 5) is 35.9. The molecule has 3 nitrogen and oxygen atoms in total. The number of hydrogen-bond donors (Lipinski definition) is 0. The third-order valence-electron chi connectivity index (χ3n) is 4.92. The van der Waals surface area contributed by atoms with Gasteiger partial charge in [0.1, 0.15) is 5.78 Å². The van der Waals surface area contributed by atoms with Crippen LogP contribution in [0.4, 0.5) is 0 Å². The van der Waals surface area contributed by atoms with E-state index >= 15 is 0 Å². The van der Waals surface area contributed by atoms with Crippen LogP contribution in [0, 0.1) is 5.41 Å². The van der Waals surface area contributed by atoms with Crippen molar-refractivity contribution in [1.82, 2.24) is 0 Å². The Morgan fingerprint density at radius 3 is 2.10 bits per heavy atom. The molecule has 0 aromatic heterocycles. The molecule has 2 rings (SSSR count). The first-order valence-electron chi connectivity index (χ1n) is 7.23. The molecule has 2 aliphatic rings. The first-order valence-corrected chi connectivity index (χ1v) is 7.23. The second kappa shape index (κ2) is 5.12. The largest absolute Gasteiger partial charge is 0.300 e. The first kappa shape index (κ1) is 14.9. The topological polar surface area (TPSA) is 51.2 Å². The zero-order chi connectivity index (χ0) is 15.1. The average molecular weight is 274 g/mol. The van der Waals surface area contributed by atoms with Crippen LogP contribution in [0.1, 0.15) is 59.8 Å². The fraction of sp³-hybridized carbons (Fsp3) is 0.588. The highest BCUT2D eigenvalue weighted by molar-refractivity contribution is 6.24. The number of Topliss-reactive ketones (excluding diaryl/α,β-unsaturated/α-hetero) is 3. The molecule has 0 bridgehead atoms. The number of carbonyl (C=O) groups is 3. The molecule has 20 heavy (non-hydrogen) atoms. The Hall–Kier alpha value is -1.51. The van der Waals surface area contributed by atoms with E-state index in [2.05, 4.69) is 6.92 Å². The highest BCUT2D eigenvalue weighted by Gasteiger charge is 2.35. The molecule has 0 spiro atoms. The molecule has 2 aliphatic carbocycles. The summed E-state index contributed by atoms with van der Waals surface area (Å²) < 4.78 is 0. The molecule has 1 saturated carbocycles. The Labute approximate surface area is 120 Å². The van der Waals surface area contributed by atoms with Crippen molar-refractivity contribution in [2.45, 2.75) is 59.8 Å². The molecule has 0 amide bonds. The van der Waals surface area contributed by atoms with Crippen molar-refractivity contribution in [2.24, 2.45) is 5.41 Å². The maximum atomic E-state index is 12.3. The lowest BCUT2D eigenvalue weighted by Crippen LogP contribution is -2.22. The van der Waals surface area contributed by atoms with Crippen molar-refractivity contribution in [3.05, 3.63) is 22.3 Å². The summed E-state index contributed by atoms with van der Waals surface area (Å²) in [6.07, 6.45) is 3.56. The van der Waals surface area contributed by atoms with Gasteiger partial charge in [0.25, 0.3) is 0 Å². The molecule has 108 valence electrons. The zero-order valence-corrected chi connectivity index (χ0v) is 12.8. The lowest BCUT2D eigenvalue weighted by atomic mass is 9.78. The van der Waals surface area contributed by atoms with Gasteiger partial charge in [-0.15, -0.1) is 0 Å². The normalized spacial score (nSPS) is 27.9. The fourth-order valence-electron chi connectivity index (χ4n) is 3.19. The van der Waals surface area contributed by atoms with Crippen molar-refractivity contribution in [3.8, 4) is 0 Å². The zero-order valence-electron chi connectivity index (χ0n) is 12.8. The summed E-state index contributed by atoms with van der Waals surface area (Å²) in [7, 11) is 0. The predicted molar refractivity (Wildman–Crippen MR) is 77.3 cm³/mol. The van der Waals surface area contributed by atoms with E-state index in [4.69, 9.17) is 0 Å². The van der Waals surface area contributed by atoms with E-state index in [0.29, 0.717) is 47.3 Å². The van der Waals surface area contributed by atoms with E-state index in [1.807, 2.05) is 0 Å². The second-order valence-corrected chi connectivity index (χ2v) is 6.54. The summed E-state index contributed by atoms with van der Waals surface area (Å²) >= 11 is 0. The molecule has 0 N–H and O–H groups in total. The monoisotopic (exact) mass is 274 g/mol. The molecular formula is C17H22O3. The highest BCUT2D eigenvalue weighted by Crippen LogP contribution is 2.41. The minimum absolute atomic E-state index is 0.00218. The Balaban J connectivity index is 2.15. The summed E-state index contributed by atoms with van der Waals surface area (Å²) in [5.41, 5.74) is 2.38. The first-order chi connectivity index (χ1) is 9.25. The number of carbonyl (C=O) groups excluding carboxylic acids is 3. The smallest absolute Gasteiger partial charge is 0.185 e. The molecule has 0 radical (unpaired) electrons. The van der Waals surface area contributed by atoms with Crippen LogP contribution in [0.3, 0.4) is 0 Å². The van der Waals surface area contributed by atoms with Gasteiger partial charge in [0.15, 0.2) is 11.6 Å². The van der Waals surface area contributed by atoms with Gasteiger partial charge >= 0.3 is 0 Å². The van der Waals surface area contributed by atoms with Gasteiger partial charge in [-0.25, -0.2) is 0 Å². The van der Waals surface area contributed by atoms with Crippen molar-refractivity contribution in [3.63, 3.8) is 0 Å². The lowest BCUT2D eigenvalue weighted by Gasteiger charge is -2.25. The molecule has 0 heterocycles. The van der Waals surface area contributed by atoms with Gasteiger partial charge in [-0.2, -0.15) is 0 Å². The number of rotatable bonds is 3. The van der Waals surface area contributed by atoms with E-state index in [1.54, 1.807) is 20.8 Å². The number of allylic oxidation sites excluding steroid dienone is 4. The second-order valence-electron chi connectivity index (χ2n) is 6.54. The van der Waals surface area contributed by atoms with Crippen molar-refractivity contribution < 1.29 is 14.4 Å². The van der Waals surface area contributed by atoms with Gasteiger partial charge in [-0.1, -0.05) is 6.92 Å². The summed E-state index contributed by atoms with van der Waals surface area (Å²) in [6.45, 7) is 7.29. The van der Waals surface area contributed by atoms with Crippen LogP contribution in [-0.4, -0.2) is 17.3 Å². The molecule has 0 aromatic carbocycles. The van der Waals surface area contributed by atoms with Gasteiger partial charge in [0.2, 0.25) is 0 Å². The molecule has 1 unspecified atom stereocenters. The molecule has 1 atom stereocenters. The predicted octanol–water partition coefficient (Wildman–Crippen LogP) is 3.33. The van der Waals surface area contributed by atoms with E-state index in [0.717, 1.165) is 12.8 Å². The van der Waals surface area contributed by atoms with Crippen molar-refractivity contribution >= 4 is 17.3 Å². The molecule has 0 aliphatic heterocycles. The van der Waals surface area contributed by atoms with Crippen LogP contribution in [0.15, 0.2) is 22.3 Å². The van der Waals surface area contributed by atoms with Gasteiger partial charge in [0, 0.05) is 35.1 Å². The van der Waals surface area contributed by atoms with Crippen molar-refractivity contribution in [2.75, 3.05) is 0 Å². The maximum absolute atomic E-state index is 12.3. The molecule has 1 fully saturated rings. The average Bonchev–Trinajstić information content (AvgIpc) is 2.74. The summed E-state index contributed by atoms with van der Waals surface area (Å²) in [6, 6.07) is 0. The standard InChI is InChI=1S/C17H22O3/c1-10-11(2)16(20)14(12(3)15(10)19)6-8-17(4)7-5-13(18)9-17/h5-9H2,1-4H3. The van der Waals surface area contributed by atoms with Gasteiger partial charge < -0.3 is 0 Å². The molecular weight excluding hydrogens is 252 g/mol. The Bertz CT molecular complexity index is 563. The van der Waals surface area contributed by atoms with Crippen LogP contribution in [0.25, 0.3) is 0 Å². The fourth-order valence-corrected chi connectivity index (χ4v) is 3.19. The van der Waals surface area contributed by atoms with Gasteiger partial charge in [0.05, 0.1) is 0 Å². The molecule has 3 heteroatoms. The third kappa shape index (κ3) is 2.54. The van der Waals surface area contributed by atoms with Gasteiger partial charge in [-0.05, 0) is 45.4 Å². The Morgan fingerprint density at radius 2 is 1.55 bits per heavy atom. The van der Waals surface area contributed by atoms with Crippen LogP contribution in [0.5, 0.6) is 0 Å². The maximum Gasteiger partial charge on any atom is 0.185 e.